The van der Waals surface area contributed by atoms with Gasteiger partial charge in [-0.1, -0.05) is 0 Å². The van der Waals surface area contributed by atoms with E-state index in [1.54, 1.807) is 7.05 Å². The molecule has 0 aliphatic carbocycles. The number of aromatic nitrogens is 3. The lowest BCUT2D eigenvalue weighted by Crippen LogP contribution is -2.31. The second-order valence-electron chi connectivity index (χ2n) is 8.35. The summed E-state index contributed by atoms with van der Waals surface area (Å²) in [5, 5.41) is 12.8. The van der Waals surface area contributed by atoms with Gasteiger partial charge in [0, 0.05) is 26.0 Å². The second-order valence-corrected chi connectivity index (χ2v) is 8.71. The molecule has 8 nitrogen and oxygen atoms in total. The predicted octanol–water partition coefficient (Wildman–Crippen LogP) is 5.10. The topological polar surface area (TPSA) is 84.5 Å². The first-order chi connectivity index (χ1) is 18.0. The van der Waals surface area contributed by atoms with E-state index in [0.717, 1.165) is 29.9 Å². The van der Waals surface area contributed by atoms with Crippen LogP contribution in [0.5, 0.6) is 5.75 Å². The van der Waals surface area contributed by atoms with E-state index >= 15 is 0 Å². The fourth-order valence-electron chi connectivity index (χ4n) is 3.50. The van der Waals surface area contributed by atoms with Crippen molar-refractivity contribution in [1.82, 2.24) is 19.4 Å². The Hall–Kier alpha value is -3.50. The molecule has 212 valence electrons. The highest BCUT2D eigenvalue weighted by atomic mass is 32.1. The molecule has 0 saturated carbocycles. The lowest BCUT2D eigenvalue weighted by Gasteiger charge is -2.22. The number of nitrogens with zero attached hydrogens (tertiary/aromatic N) is 4. The van der Waals surface area contributed by atoms with E-state index in [1.807, 2.05) is 0 Å². The number of alkyl halides is 6. The molecule has 2 heterocycles. The van der Waals surface area contributed by atoms with E-state index in [-0.39, 0.29) is 35.4 Å². The molecule has 1 unspecified atom stereocenters. The highest BCUT2D eigenvalue weighted by molar-refractivity contribution is 7.71. The minimum atomic E-state index is -5.39. The van der Waals surface area contributed by atoms with Gasteiger partial charge in [-0.2, -0.15) is 26.3 Å². The Balaban J connectivity index is 2.19. The number of carbonyl (C=O) groups excluding carboxylic acids is 1. The third-order valence-electron chi connectivity index (χ3n) is 5.47. The number of anilines is 1. The normalized spacial score (nSPS) is 12.9. The standard InChI is InChI=1S/C23H22F7N5O3S/c1-12-16(24)4-5-18(32-12)33(3)21(37)38-19-15(23(28,29)30)8-13(22(25,26)27)9-17(19)35-7-6-34(20(35)39)11-14(36)10-31-2/h4-9,14,31,36H,10-11H2,1-3H3. The van der Waals surface area contributed by atoms with Crippen LogP contribution in [0.15, 0.2) is 36.7 Å². The Labute approximate surface area is 222 Å². The molecule has 0 aliphatic heterocycles. The molecule has 0 fully saturated rings. The molecule has 3 rings (SSSR count). The number of likely N-dealkylation sites (N-methyl/N-ethyl adjacent to an activating group) is 1. The van der Waals surface area contributed by atoms with Gasteiger partial charge in [-0.15, -0.1) is 0 Å². The Morgan fingerprint density at radius 2 is 1.85 bits per heavy atom. The van der Waals surface area contributed by atoms with Crippen molar-refractivity contribution in [3.05, 3.63) is 64.1 Å². The molecule has 0 saturated heterocycles. The number of rotatable bonds is 7. The summed E-state index contributed by atoms with van der Waals surface area (Å²) in [5.74, 6) is -2.15. The summed E-state index contributed by atoms with van der Waals surface area (Å²) in [5.41, 5.74) is -4.50. The van der Waals surface area contributed by atoms with Crippen molar-refractivity contribution in [3.63, 3.8) is 0 Å². The van der Waals surface area contributed by atoms with Crippen LogP contribution in [0, 0.1) is 17.5 Å². The first kappa shape index (κ1) is 30.0. The number of aliphatic hydroxyl groups excluding tert-OH is 1. The summed E-state index contributed by atoms with van der Waals surface area (Å²) >= 11 is 5.25. The van der Waals surface area contributed by atoms with Crippen molar-refractivity contribution in [2.24, 2.45) is 0 Å². The molecule has 1 atom stereocenters. The number of halogens is 7. The summed E-state index contributed by atoms with van der Waals surface area (Å²) in [6.07, 6.45) is -10.7. The molecule has 0 bridgehead atoms. The maximum Gasteiger partial charge on any atom is 0.420 e. The molecule has 1 aromatic carbocycles. The summed E-state index contributed by atoms with van der Waals surface area (Å²) < 4.78 is 103. The van der Waals surface area contributed by atoms with Crippen LogP contribution in [0.25, 0.3) is 5.69 Å². The van der Waals surface area contributed by atoms with Crippen molar-refractivity contribution in [3.8, 4) is 11.4 Å². The van der Waals surface area contributed by atoms with Crippen LogP contribution >= 0.6 is 12.2 Å². The number of carbonyl (C=O) groups is 1. The van der Waals surface area contributed by atoms with Crippen molar-refractivity contribution >= 4 is 24.1 Å². The Morgan fingerprint density at radius 1 is 1.18 bits per heavy atom. The maximum atomic E-state index is 14.0. The number of ether oxygens (including phenoxy) is 1. The Kier molecular flexibility index (Phi) is 8.72. The van der Waals surface area contributed by atoms with Gasteiger partial charge in [0.1, 0.15) is 17.2 Å². The number of hydrogen-bond donors (Lipinski definition) is 2. The monoisotopic (exact) mass is 581 g/mol. The Morgan fingerprint density at radius 3 is 2.41 bits per heavy atom. The van der Waals surface area contributed by atoms with Crippen LogP contribution in [-0.4, -0.2) is 52.1 Å². The van der Waals surface area contributed by atoms with Crippen LogP contribution in [0.3, 0.4) is 0 Å². The molecule has 0 aliphatic rings. The zero-order chi connectivity index (χ0) is 29.3. The van der Waals surface area contributed by atoms with Crippen molar-refractivity contribution in [1.29, 1.82) is 0 Å². The van der Waals surface area contributed by atoms with E-state index in [0.29, 0.717) is 11.0 Å². The largest absolute Gasteiger partial charge is 0.420 e. The zero-order valence-corrected chi connectivity index (χ0v) is 21.4. The van der Waals surface area contributed by atoms with E-state index in [9.17, 15) is 40.6 Å². The van der Waals surface area contributed by atoms with Gasteiger partial charge < -0.3 is 19.7 Å². The molecular weight excluding hydrogens is 559 g/mol. The predicted molar refractivity (Wildman–Crippen MR) is 128 cm³/mol. The third kappa shape index (κ3) is 6.75. The highest BCUT2D eigenvalue weighted by Crippen LogP contribution is 2.44. The van der Waals surface area contributed by atoms with Crippen molar-refractivity contribution in [2.45, 2.75) is 31.9 Å². The lowest BCUT2D eigenvalue weighted by atomic mass is 10.1. The average molecular weight is 582 g/mol. The van der Waals surface area contributed by atoms with Crippen LogP contribution < -0.4 is 15.0 Å². The van der Waals surface area contributed by atoms with Crippen molar-refractivity contribution < 1.29 is 45.4 Å². The van der Waals surface area contributed by atoms with Crippen LogP contribution in [-0.2, 0) is 18.9 Å². The number of nitrogens with one attached hydrogen (secondary N) is 1. The van der Waals surface area contributed by atoms with Gasteiger partial charge in [-0.3, -0.25) is 9.47 Å². The number of hydrogen-bond acceptors (Lipinski definition) is 6. The van der Waals surface area contributed by atoms with E-state index in [4.69, 9.17) is 17.0 Å². The molecule has 39 heavy (non-hydrogen) atoms. The quantitative estimate of drug-likeness (QED) is 0.298. The number of aliphatic hydroxyl groups is 1. The molecule has 2 N–H and O–H groups in total. The van der Waals surface area contributed by atoms with Gasteiger partial charge in [0.05, 0.1) is 29.6 Å². The van der Waals surface area contributed by atoms with Crippen LogP contribution in [0.2, 0.25) is 0 Å². The second kappa shape index (κ2) is 11.3. The molecule has 2 aromatic heterocycles. The maximum absolute atomic E-state index is 14.0. The molecular formula is C23H22F7N5O3S. The number of benzene rings is 1. The summed E-state index contributed by atoms with van der Waals surface area (Å²) in [6, 6.07) is 2.22. The fourth-order valence-corrected chi connectivity index (χ4v) is 3.80. The van der Waals surface area contributed by atoms with Gasteiger partial charge >= 0.3 is 18.4 Å². The van der Waals surface area contributed by atoms with E-state index < -0.39 is 52.9 Å². The third-order valence-corrected chi connectivity index (χ3v) is 5.90. The number of aryl methyl sites for hydroxylation is 1. The molecule has 0 spiro atoms. The molecule has 0 radical (unpaired) electrons. The lowest BCUT2D eigenvalue weighted by molar-refractivity contribution is -0.143. The van der Waals surface area contributed by atoms with Crippen molar-refractivity contribution in [2.75, 3.05) is 25.5 Å². The summed E-state index contributed by atoms with van der Waals surface area (Å²) in [6.45, 7) is 1.28. The van der Waals surface area contributed by atoms with Crippen LogP contribution in [0.1, 0.15) is 16.8 Å². The average Bonchev–Trinajstić information content (AvgIpc) is 3.18. The summed E-state index contributed by atoms with van der Waals surface area (Å²) in [7, 11) is 2.64. The molecule has 3 aromatic rings. The zero-order valence-electron chi connectivity index (χ0n) is 20.6. The Bertz CT molecular complexity index is 1420. The minimum Gasteiger partial charge on any atom is -0.407 e. The van der Waals surface area contributed by atoms with Gasteiger partial charge in [-0.25, -0.2) is 14.2 Å². The number of amides is 1. The molecule has 1 amide bonds. The SMILES string of the molecule is CNCC(O)Cn1ccn(-c2cc(C(F)(F)F)cc(C(F)(F)F)c2OC(=O)N(C)c2ccc(F)c(C)n2)c1=S. The first-order valence-corrected chi connectivity index (χ1v) is 11.5. The smallest absolute Gasteiger partial charge is 0.407 e. The van der Waals surface area contributed by atoms with E-state index in [1.165, 1.54) is 17.7 Å². The first-order valence-electron chi connectivity index (χ1n) is 11.1. The van der Waals surface area contributed by atoms with Gasteiger partial charge in [-0.05, 0) is 50.5 Å². The van der Waals surface area contributed by atoms with Crippen LogP contribution in [0.4, 0.5) is 41.3 Å². The van der Waals surface area contributed by atoms with Gasteiger partial charge in [0.25, 0.3) is 0 Å². The minimum absolute atomic E-state index is 0.119. The highest BCUT2D eigenvalue weighted by Gasteiger charge is 2.42. The fraction of sp³-hybridized carbons (Fsp3) is 0.348. The molecule has 16 heteroatoms. The number of pyridine rings is 1. The number of imidazole rings is 1. The van der Waals surface area contributed by atoms with Gasteiger partial charge in [0.2, 0.25) is 0 Å². The summed E-state index contributed by atoms with van der Waals surface area (Å²) in [4.78, 5) is 17.3. The van der Waals surface area contributed by atoms with E-state index in [2.05, 4.69) is 10.3 Å². The van der Waals surface area contributed by atoms with Gasteiger partial charge in [0.15, 0.2) is 10.5 Å².